The second-order valence-corrected chi connectivity index (χ2v) is 7.79. The highest BCUT2D eigenvalue weighted by Crippen LogP contribution is 2.27. The number of carbonyl (C=O) groups excluding carboxylic acids is 1. The first kappa shape index (κ1) is 19.7. The molecule has 5 nitrogen and oxygen atoms in total. The fourth-order valence-corrected chi connectivity index (χ4v) is 4.11. The van der Waals surface area contributed by atoms with Crippen molar-refractivity contribution in [2.75, 3.05) is 33.4 Å². The Morgan fingerprint density at radius 1 is 1.17 bits per heavy atom. The lowest BCUT2D eigenvalue weighted by atomic mass is 9.86. The summed E-state index contributed by atoms with van der Waals surface area (Å²) < 4.78 is 5.94. The molecule has 2 unspecified atom stereocenters. The van der Waals surface area contributed by atoms with Gasteiger partial charge in [-0.3, -0.25) is 9.69 Å². The van der Waals surface area contributed by atoms with Crippen LogP contribution >= 0.6 is 0 Å². The number of aliphatic hydroxyl groups is 1. The Hall–Kier alpha value is -0.650. The molecule has 2 rings (SSSR count). The molecule has 24 heavy (non-hydrogen) atoms. The quantitative estimate of drug-likeness (QED) is 0.665. The summed E-state index contributed by atoms with van der Waals surface area (Å²) in [6, 6.07) is 0.470. The number of hydrogen-bond acceptors (Lipinski definition) is 4. The lowest BCUT2D eigenvalue weighted by Gasteiger charge is -2.33. The monoisotopic (exact) mass is 340 g/mol. The van der Waals surface area contributed by atoms with Gasteiger partial charge in [0.15, 0.2) is 0 Å². The van der Waals surface area contributed by atoms with E-state index in [4.69, 9.17) is 4.74 Å². The molecule has 0 spiro atoms. The van der Waals surface area contributed by atoms with Gasteiger partial charge >= 0.3 is 0 Å². The molecule has 2 N–H and O–H groups in total. The number of hydrogen-bond donors (Lipinski definition) is 2. The van der Waals surface area contributed by atoms with Gasteiger partial charge in [0.05, 0.1) is 19.3 Å². The van der Waals surface area contributed by atoms with Crippen LogP contribution in [0, 0.1) is 11.8 Å². The summed E-state index contributed by atoms with van der Waals surface area (Å²) in [5.74, 6) is 1.19. The fourth-order valence-electron chi connectivity index (χ4n) is 4.11. The normalized spacial score (nSPS) is 31.2. The third-order valence-electron chi connectivity index (χ3n) is 5.88. The smallest absolute Gasteiger partial charge is 0.234 e. The van der Waals surface area contributed by atoms with Crippen LogP contribution in [0.15, 0.2) is 0 Å². The standard InChI is InChI=1S/C19H36N2O3/c1-15-5-3-4-6-18(15)24-12-11-20-19(23)13-21(2)17-9-7-16(14-22)8-10-17/h15-18,22H,3-14H2,1-2H3,(H,20,23). The molecule has 0 aliphatic heterocycles. The van der Waals surface area contributed by atoms with Crippen LogP contribution in [0.25, 0.3) is 0 Å². The van der Waals surface area contributed by atoms with Crippen LogP contribution in [-0.4, -0.2) is 61.4 Å². The summed E-state index contributed by atoms with van der Waals surface area (Å²) in [7, 11) is 2.03. The predicted molar refractivity (Wildman–Crippen MR) is 95.8 cm³/mol. The molecule has 0 bridgehead atoms. The van der Waals surface area contributed by atoms with Gasteiger partial charge in [-0.15, -0.1) is 0 Å². The average molecular weight is 341 g/mol. The fraction of sp³-hybridized carbons (Fsp3) is 0.947. The van der Waals surface area contributed by atoms with Crippen molar-refractivity contribution in [1.29, 1.82) is 0 Å². The van der Waals surface area contributed by atoms with Crippen molar-refractivity contribution < 1.29 is 14.6 Å². The van der Waals surface area contributed by atoms with Gasteiger partial charge in [0.1, 0.15) is 0 Å². The zero-order valence-corrected chi connectivity index (χ0v) is 15.5. The van der Waals surface area contributed by atoms with Crippen molar-refractivity contribution >= 4 is 5.91 Å². The number of ether oxygens (including phenoxy) is 1. The van der Waals surface area contributed by atoms with Gasteiger partial charge < -0.3 is 15.2 Å². The largest absolute Gasteiger partial charge is 0.396 e. The van der Waals surface area contributed by atoms with Gasteiger partial charge in [0, 0.05) is 19.2 Å². The zero-order valence-electron chi connectivity index (χ0n) is 15.5. The van der Waals surface area contributed by atoms with Gasteiger partial charge in [-0.05, 0) is 57.4 Å². The van der Waals surface area contributed by atoms with Crippen LogP contribution in [0.3, 0.4) is 0 Å². The lowest BCUT2D eigenvalue weighted by Crippen LogP contribution is -2.43. The highest BCUT2D eigenvalue weighted by Gasteiger charge is 2.25. The molecule has 2 fully saturated rings. The van der Waals surface area contributed by atoms with E-state index in [9.17, 15) is 9.90 Å². The number of amides is 1. The van der Waals surface area contributed by atoms with Crippen molar-refractivity contribution in [2.45, 2.75) is 70.4 Å². The molecule has 2 aliphatic carbocycles. The molecule has 2 atom stereocenters. The number of nitrogens with one attached hydrogen (secondary N) is 1. The van der Waals surface area contributed by atoms with Gasteiger partial charge in [-0.2, -0.15) is 0 Å². The van der Waals surface area contributed by atoms with Crippen molar-refractivity contribution in [3.8, 4) is 0 Å². The molecular weight excluding hydrogens is 304 g/mol. The van der Waals surface area contributed by atoms with E-state index >= 15 is 0 Å². The molecule has 0 aromatic rings. The van der Waals surface area contributed by atoms with E-state index in [1.165, 1.54) is 19.3 Å². The molecule has 0 aromatic heterocycles. The molecule has 140 valence electrons. The van der Waals surface area contributed by atoms with E-state index < -0.39 is 0 Å². The molecular formula is C19H36N2O3. The molecule has 1 amide bonds. The topological polar surface area (TPSA) is 61.8 Å². The minimum atomic E-state index is 0.0853. The minimum Gasteiger partial charge on any atom is -0.396 e. The average Bonchev–Trinajstić information content (AvgIpc) is 2.60. The Labute approximate surface area is 147 Å². The van der Waals surface area contributed by atoms with Crippen molar-refractivity contribution in [3.63, 3.8) is 0 Å². The summed E-state index contributed by atoms with van der Waals surface area (Å²) in [6.45, 7) is 4.24. The van der Waals surface area contributed by atoms with E-state index in [-0.39, 0.29) is 5.91 Å². The van der Waals surface area contributed by atoms with Crippen molar-refractivity contribution in [1.82, 2.24) is 10.2 Å². The summed E-state index contributed by atoms with van der Waals surface area (Å²) in [5, 5.41) is 12.2. The molecule has 2 saturated carbocycles. The van der Waals surface area contributed by atoms with Gasteiger partial charge in [0.25, 0.3) is 0 Å². The Kier molecular flexibility index (Phi) is 8.50. The first-order chi connectivity index (χ1) is 11.6. The van der Waals surface area contributed by atoms with Crippen LogP contribution in [-0.2, 0) is 9.53 Å². The van der Waals surface area contributed by atoms with Crippen molar-refractivity contribution in [3.05, 3.63) is 0 Å². The Morgan fingerprint density at radius 2 is 1.88 bits per heavy atom. The third-order valence-corrected chi connectivity index (χ3v) is 5.88. The van der Waals surface area contributed by atoms with E-state index in [2.05, 4.69) is 17.1 Å². The SMILES string of the molecule is CC1CCCCC1OCCNC(=O)CN(C)C1CCC(CO)CC1. The summed E-state index contributed by atoms with van der Waals surface area (Å²) in [4.78, 5) is 14.2. The number of likely N-dealkylation sites (N-methyl/N-ethyl adjacent to an activating group) is 1. The van der Waals surface area contributed by atoms with Crippen LogP contribution in [0.5, 0.6) is 0 Å². The Bertz CT molecular complexity index is 370. The summed E-state index contributed by atoms with van der Waals surface area (Å²) in [5.41, 5.74) is 0. The van der Waals surface area contributed by atoms with Crippen LogP contribution in [0.2, 0.25) is 0 Å². The second kappa shape index (κ2) is 10.4. The molecule has 5 heteroatoms. The molecule has 2 aliphatic rings. The Balaban J connectivity index is 1.56. The third kappa shape index (κ3) is 6.34. The van der Waals surface area contributed by atoms with E-state index in [0.29, 0.717) is 50.3 Å². The predicted octanol–water partition coefficient (Wildman–Crippen LogP) is 2.18. The number of carbonyl (C=O) groups is 1. The van der Waals surface area contributed by atoms with Crippen molar-refractivity contribution in [2.24, 2.45) is 11.8 Å². The van der Waals surface area contributed by atoms with Gasteiger partial charge in [-0.1, -0.05) is 19.8 Å². The first-order valence-electron chi connectivity index (χ1n) is 9.79. The van der Waals surface area contributed by atoms with Crippen LogP contribution in [0.4, 0.5) is 0 Å². The Morgan fingerprint density at radius 3 is 2.54 bits per heavy atom. The summed E-state index contributed by atoms with van der Waals surface area (Å²) >= 11 is 0. The molecule has 0 saturated heterocycles. The molecule has 0 radical (unpaired) electrons. The number of rotatable bonds is 8. The number of nitrogens with zero attached hydrogens (tertiary/aromatic N) is 1. The summed E-state index contributed by atoms with van der Waals surface area (Å²) in [6.07, 6.45) is 9.69. The molecule has 0 aromatic carbocycles. The highest BCUT2D eigenvalue weighted by atomic mass is 16.5. The van der Waals surface area contributed by atoms with Gasteiger partial charge in [0.2, 0.25) is 5.91 Å². The zero-order chi connectivity index (χ0) is 17.4. The minimum absolute atomic E-state index is 0.0853. The second-order valence-electron chi connectivity index (χ2n) is 7.79. The number of aliphatic hydroxyl groups excluding tert-OH is 1. The first-order valence-corrected chi connectivity index (χ1v) is 9.79. The van der Waals surface area contributed by atoms with E-state index in [1.807, 2.05) is 7.05 Å². The van der Waals surface area contributed by atoms with Crippen LogP contribution < -0.4 is 5.32 Å². The van der Waals surface area contributed by atoms with Gasteiger partial charge in [-0.25, -0.2) is 0 Å². The van der Waals surface area contributed by atoms with E-state index in [1.54, 1.807) is 0 Å². The maximum Gasteiger partial charge on any atom is 0.234 e. The van der Waals surface area contributed by atoms with Crippen LogP contribution in [0.1, 0.15) is 58.3 Å². The maximum absolute atomic E-state index is 12.1. The lowest BCUT2D eigenvalue weighted by molar-refractivity contribution is -0.123. The highest BCUT2D eigenvalue weighted by molar-refractivity contribution is 5.77. The molecule has 0 heterocycles. The van der Waals surface area contributed by atoms with E-state index in [0.717, 1.165) is 32.1 Å². The maximum atomic E-state index is 12.1.